The molecule has 0 aromatic carbocycles. The summed E-state index contributed by atoms with van der Waals surface area (Å²) < 4.78 is 85.0. The van der Waals surface area contributed by atoms with Crippen LogP contribution in [0.25, 0.3) is 0 Å². The molecule has 1 aliphatic carbocycles. The van der Waals surface area contributed by atoms with E-state index in [1.807, 2.05) is 19.9 Å². The van der Waals surface area contributed by atoms with Crippen molar-refractivity contribution in [2.45, 2.75) is 109 Å². The number of rotatable bonds is 9. The van der Waals surface area contributed by atoms with Crippen LogP contribution in [-0.4, -0.2) is 82.8 Å². The van der Waals surface area contributed by atoms with E-state index in [1.165, 1.54) is 5.32 Å². The van der Waals surface area contributed by atoms with Crippen molar-refractivity contribution in [2.24, 2.45) is 23.2 Å². The van der Waals surface area contributed by atoms with Crippen molar-refractivity contribution in [1.29, 1.82) is 5.26 Å². The summed E-state index contributed by atoms with van der Waals surface area (Å²) in [7, 11) is 0. The number of halogens is 6. The van der Waals surface area contributed by atoms with Gasteiger partial charge in [-0.1, -0.05) is 13.8 Å². The van der Waals surface area contributed by atoms with Crippen molar-refractivity contribution < 1.29 is 50.3 Å². The van der Waals surface area contributed by atoms with Gasteiger partial charge in [0.15, 0.2) is 5.60 Å². The number of fused-ring (bicyclic) bond motifs is 1. The van der Waals surface area contributed by atoms with Crippen molar-refractivity contribution in [2.75, 3.05) is 6.54 Å². The third kappa shape index (κ3) is 7.02. The van der Waals surface area contributed by atoms with Gasteiger partial charge < -0.3 is 25.6 Å². The highest BCUT2D eigenvalue weighted by molar-refractivity contribution is 5.95. The highest BCUT2D eigenvalue weighted by Crippen LogP contribution is 2.65. The molecule has 2 aliphatic heterocycles. The number of hydrogen-bond donors (Lipinski definition) is 3. The van der Waals surface area contributed by atoms with Crippen molar-refractivity contribution in [3.05, 3.63) is 0 Å². The maximum absolute atomic E-state index is 13.7. The van der Waals surface area contributed by atoms with Gasteiger partial charge in [0.25, 0.3) is 0 Å². The average molecular weight is 626 g/mol. The lowest BCUT2D eigenvalue weighted by atomic mass is 9.91. The van der Waals surface area contributed by atoms with Crippen LogP contribution >= 0.6 is 0 Å². The number of piperidine rings is 1. The second-order valence-corrected chi connectivity index (χ2v) is 13.4. The van der Waals surface area contributed by atoms with E-state index in [-0.39, 0.29) is 24.8 Å². The zero-order chi connectivity index (χ0) is 33.1. The van der Waals surface area contributed by atoms with Gasteiger partial charge in [0, 0.05) is 18.0 Å². The van der Waals surface area contributed by atoms with Crippen LogP contribution in [0.5, 0.6) is 0 Å². The Hall–Kier alpha value is -3.09. The maximum Gasteiger partial charge on any atom is 0.471 e. The van der Waals surface area contributed by atoms with Gasteiger partial charge in [0.1, 0.15) is 18.1 Å². The lowest BCUT2D eigenvalue weighted by Crippen LogP contribution is -2.62. The molecule has 3 fully saturated rings. The predicted octanol–water partition coefficient (Wildman–Crippen LogP) is 2.58. The molecule has 0 bridgehead atoms. The van der Waals surface area contributed by atoms with Crippen LogP contribution in [0.15, 0.2) is 0 Å². The molecule has 3 rings (SSSR count). The highest BCUT2D eigenvalue weighted by atomic mass is 19.4. The fourth-order valence-corrected chi connectivity index (χ4v) is 6.27. The van der Waals surface area contributed by atoms with Gasteiger partial charge in [-0.2, -0.15) is 31.6 Å². The largest absolute Gasteiger partial charge is 0.471 e. The third-order valence-electron chi connectivity index (χ3n) is 8.78. The minimum atomic E-state index is -5.47. The molecular formula is C27H37F6N5O5. The Morgan fingerprint density at radius 1 is 1.12 bits per heavy atom. The third-order valence-corrected chi connectivity index (χ3v) is 8.78. The molecule has 3 N–H and O–H groups in total. The van der Waals surface area contributed by atoms with Gasteiger partial charge in [0.05, 0.1) is 12.2 Å². The summed E-state index contributed by atoms with van der Waals surface area (Å²) in [6.07, 6.45) is -12.0. The molecule has 2 heterocycles. The quantitative estimate of drug-likeness (QED) is 0.337. The van der Waals surface area contributed by atoms with E-state index in [0.717, 1.165) is 11.8 Å². The summed E-state index contributed by atoms with van der Waals surface area (Å²) in [6.45, 7) is 9.27. The number of hydrogen-bond acceptors (Lipinski definition) is 6. The molecule has 3 unspecified atom stereocenters. The Bertz CT molecular complexity index is 1190. The first-order valence-electron chi connectivity index (χ1n) is 13.8. The van der Waals surface area contributed by atoms with E-state index in [1.54, 1.807) is 13.8 Å². The maximum atomic E-state index is 13.7. The molecule has 0 radical (unpaired) electrons. The Morgan fingerprint density at radius 3 is 2.16 bits per heavy atom. The molecular weight excluding hydrogens is 588 g/mol. The van der Waals surface area contributed by atoms with Crippen molar-refractivity contribution in [3.8, 4) is 6.07 Å². The van der Waals surface area contributed by atoms with Crippen molar-refractivity contribution >= 4 is 23.6 Å². The van der Waals surface area contributed by atoms with E-state index in [2.05, 4.69) is 10.6 Å². The first-order chi connectivity index (χ1) is 19.3. The number of nitrogens with one attached hydrogen (secondary N) is 3. The lowest BCUT2D eigenvalue weighted by molar-refractivity contribution is -0.277. The van der Waals surface area contributed by atoms with Crippen molar-refractivity contribution in [3.63, 3.8) is 0 Å². The Balaban J connectivity index is 1.87. The first-order valence-corrected chi connectivity index (χ1v) is 13.8. The van der Waals surface area contributed by atoms with Crippen LogP contribution in [0.3, 0.4) is 0 Å². The number of alkyl halides is 6. The Labute approximate surface area is 245 Å². The van der Waals surface area contributed by atoms with E-state index < -0.39 is 82.7 Å². The first kappa shape index (κ1) is 34.4. The fraction of sp³-hybridized carbons (Fsp3) is 0.815. The minimum absolute atomic E-state index is 0.0304. The number of carbonyl (C=O) groups is 4. The van der Waals surface area contributed by atoms with Gasteiger partial charge in [-0.15, -0.1) is 0 Å². The molecule has 242 valence electrons. The molecule has 0 spiro atoms. The van der Waals surface area contributed by atoms with Crippen LogP contribution in [0.4, 0.5) is 26.3 Å². The van der Waals surface area contributed by atoms with Crippen LogP contribution < -0.4 is 16.0 Å². The second kappa shape index (κ2) is 11.1. The topological polar surface area (TPSA) is 141 Å². The number of ether oxygens (including phenoxy) is 1. The number of carbonyl (C=O) groups excluding carboxylic acids is 4. The molecule has 0 aromatic heterocycles. The van der Waals surface area contributed by atoms with Crippen LogP contribution in [0.1, 0.15) is 61.3 Å². The van der Waals surface area contributed by atoms with Gasteiger partial charge in [0.2, 0.25) is 17.7 Å². The number of amides is 4. The van der Waals surface area contributed by atoms with Crippen LogP contribution in [-0.2, 0) is 23.9 Å². The van der Waals surface area contributed by atoms with Crippen LogP contribution in [0, 0.1) is 34.5 Å². The average Bonchev–Trinajstić information content (AvgIpc) is 3.11. The van der Waals surface area contributed by atoms with Crippen molar-refractivity contribution in [1.82, 2.24) is 20.9 Å². The molecule has 0 aromatic rings. The lowest BCUT2D eigenvalue weighted by Gasteiger charge is -2.38. The van der Waals surface area contributed by atoms with Gasteiger partial charge in [-0.3, -0.25) is 19.2 Å². The standard InChI is InChI=1S/C27H37F6N5O5/c1-12(43-25(6,7)27(31,32)33)17(36-22(42)26(28,29)30)21(41)38-11-15-16(24(15,4)5)18(38)20(40)35-14(10-34)8-13-9-23(2,3)37-19(13)39/h12-18H,8-9,11H2,1-7H3,(H,35,40)(H,36,42)(H,37,39)/t12-,13-,14+,15?,16?,17+,18?/m1/s1. The predicted molar refractivity (Wildman–Crippen MR) is 137 cm³/mol. The van der Waals surface area contributed by atoms with Gasteiger partial charge >= 0.3 is 18.3 Å². The number of likely N-dealkylation sites (tertiary alicyclic amines) is 1. The molecule has 10 nitrogen and oxygen atoms in total. The second-order valence-electron chi connectivity index (χ2n) is 13.4. The van der Waals surface area contributed by atoms with Gasteiger partial charge in [-0.05, 0) is 64.7 Å². The van der Waals surface area contributed by atoms with E-state index in [0.29, 0.717) is 20.3 Å². The fourth-order valence-electron chi connectivity index (χ4n) is 6.27. The SMILES string of the molecule is C[C@@H](OC(C)(C)C(F)(F)F)[C@H](NC(=O)C(F)(F)F)C(=O)N1CC2C(C1C(=O)N[C@H](C#N)C[C@@H]1CC(C)(C)NC1=O)C2(C)C. The summed E-state index contributed by atoms with van der Waals surface area (Å²) in [4.78, 5) is 52.4. The normalized spacial score (nSPS) is 28.2. The molecule has 4 amide bonds. The summed E-state index contributed by atoms with van der Waals surface area (Å²) in [5.74, 6) is -6.25. The molecule has 2 saturated heterocycles. The highest BCUT2D eigenvalue weighted by Gasteiger charge is 2.70. The van der Waals surface area contributed by atoms with Gasteiger partial charge in [-0.25, -0.2) is 0 Å². The summed E-state index contributed by atoms with van der Waals surface area (Å²) >= 11 is 0. The molecule has 7 atom stereocenters. The smallest absolute Gasteiger partial charge is 0.360 e. The Kier molecular flexibility index (Phi) is 8.90. The molecule has 1 saturated carbocycles. The zero-order valence-corrected chi connectivity index (χ0v) is 24.9. The molecule has 16 heteroatoms. The van der Waals surface area contributed by atoms with Crippen LogP contribution in [0.2, 0.25) is 0 Å². The number of nitriles is 1. The molecule has 3 aliphatic rings. The minimum Gasteiger partial charge on any atom is -0.360 e. The summed E-state index contributed by atoms with van der Waals surface area (Å²) in [6, 6.07) is -2.76. The zero-order valence-electron chi connectivity index (χ0n) is 24.9. The monoisotopic (exact) mass is 625 g/mol. The molecule has 43 heavy (non-hydrogen) atoms. The Morgan fingerprint density at radius 2 is 1.70 bits per heavy atom. The summed E-state index contributed by atoms with van der Waals surface area (Å²) in [5.41, 5.74) is -3.89. The van der Waals surface area contributed by atoms with E-state index >= 15 is 0 Å². The summed E-state index contributed by atoms with van der Waals surface area (Å²) in [5, 5.41) is 16.5. The number of nitrogens with zero attached hydrogens (tertiary/aromatic N) is 2. The van der Waals surface area contributed by atoms with E-state index in [9.17, 15) is 50.8 Å². The van der Waals surface area contributed by atoms with E-state index in [4.69, 9.17) is 4.74 Å².